The molecule has 1 heterocycles. The van der Waals surface area contributed by atoms with Gasteiger partial charge in [0.1, 0.15) is 5.75 Å². The lowest BCUT2D eigenvalue weighted by Crippen LogP contribution is -2.34. The fourth-order valence-electron chi connectivity index (χ4n) is 3.42. The monoisotopic (exact) mass is 366 g/mol. The van der Waals surface area contributed by atoms with Crippen LogP contribution in [0.25, 0.3) is 0 Å². The fraction of sp³-hybridized carbons (Fsp3) is 0.364. The van der Waals surface area contributed by atoms with E-state index in [2.05, 4.69) is 11.4 Å². The summed E-state index contributed by atoms with van der Waals surface area (Å²) < 4.78 is 5.38. The Bertz CT molecular complexity index is 830. The van der Waals surface area contributed by atoms with Gasteiger partial charge in [-0.1, -0.05) is 35.4 Å². The minimum atomic E-state index is -0.307. The Balaban J connectivity index is 1.55. The van der Waals surface area contributed by atoms with Crippen LogP contribution in [0.5, 0.6) is 5.75 Å². The van der Waals surface area contributed by atoms with E-state index in [9.17, 15) is 9.59 Å². The van der Waals surface area contributed by atoms with E-state index < -0.39 is 0 Å². The summed E-state index contributed by atoms with van der Waals surface area (Å²) >= 11 is 0. The van der Waals surface area contributed by atoms with Crippen molar-refractivity contribution in [2.75, 3.05) is 25.1 Å². The fourth-order valence-corrected chi connectivity index (χ4v) is 3.42. The SMILES string of the molecule is COc1ccc(C)cc1CCNC(=O)C1CC(=O)N(c2ccc(C)cc2)C1. The lowest BCUT2D eigenvalue weighted by molar-refractivity contribution is -0.126. The molecular formula is C22H26N2O3. The first-order valence-electron chi connectivity index (χ1n) is 9.26. The summed E-state index contributed by atoms with van der Waals surface area (Å²) in [6, 6.07) is 13.8. The summed E-state index contributed by atoms with van der Waals surface area (Å²) in [6.45, 7) is 5.00. The molecule has 1 aliphatic heterocycles. The van der Waals surface area contributed by atoms with E-state index >= 15 is 0 Å². The molecule has 142 valence electrons. The van der Waals surface area contributed by atoms with Crippen LogP contribution in [0, 0.1) is 19.8 Å². The Morgan fingerprint density at radius 1 is 1.15 bits per heavy atom. The Labute approximate surface area is 160 Å². The van der Waals surface area contributed by atoms with Gasteiger partial charge in [0, 0.05) is 25.2 Å². The maximum Gasteiger partial charge on any atom is 0.227 e. The van der Waals surface area contributed by atoms with E-state index in [0.29, 0.717) is 19.5 Å². The normalized spacial score (nSPS) is 16.5. The van der Waals surface area contributed by atoms with Crippen LogP contribution < -0.4 is 15.0 Å². The maximum absolute atomic E-state index is 12.5. The molecule has 0 aliphatic carbocycles. The molecule has 1 atom stereocenters. The van der Waals surface area contributed by atoms with E-state index in [-0.39, 0.29) is 24.2 Å². The number of anilines is 1. The second kappa shape index (κ2) is 8.25. The number of ether oxygens (including phenoxy) is 1. The van der Waals surface area contributed by atoms with Gasteiger partial charge in [0.2, 0.25) is 11.8 Å². The number of nitrogens with one attached hydrogen (secondary N) is 1. The van der Waals surface area contributed by atoms with Crippen LogP contribution in [0.4, 0.5) is 5.69 Å². The molecule has 0 saturated carbocycles. The predicted octanol–water partition coefficient (Wildman–Crippen LogP) is 3.02. The van der Waals surface area contributed by atoms with Crippen molar-refractivity contribution in [3.05, 3.63) is 59.2 Å². The molecule has 1 unspecified atom stereocenters. The topological polar surface area (TPSA) is 58.6 Å². The molecule has 3 rings (SSSR count). The van der Waals surface area contributed by atoms with Crippen LogP contribution in [0.15, 0.2) is 42.5 Å². The van der Waals surface area contributed by atoms with Crippen molar-refractivity contribution in [3.63, 3.8) is 0 Å². The molecular weight excluding hydrogens is 340 g/mol. The summed E-state index contributed by atoms with van der Waals surface area (Å²) in [5, 5.41) is 2.97. The second-order valence-corrected chi connectivity index (χ2v) is 7.10. The molecule has 2 aromatic carbocycles. The third kappa shape index (κ3) is 4.48. The summed E-state index contributed by atoms with van der Waals surface area (Å²) in [7, 11) is 1.65. The molecule has 1 aliphatic rings. The highest BCUT2D eigenvalue weighted by Gasteiger charge is 2.34. The number of rotatable bonds is 6. The van der Waals surface area contributed by atoms with Gasteiger partial charge >= 0.3 is 0 Å². The van der Waals surface area contributed by atoms with Gasteiger partial charge in [-0.25, -0.2) is 0 Å². The Morgan fingerprint density at radius 2 is 1.85 bits per heavy atom. The predicted molar refractivity (Wildman–Crippen MR) is 106 cm³/mol. The number of carbonyl (C=O) groups excluding carboxylic acids is 2. The van der Waals surface area contributed by atoms with Crippen molar-refractivity contribution in [2.24, 2.45) is 5.92 Å². The number of benzene rings is 2. The van der Waals surface area contributed by atoms with Gasteiger partial charge in [-0.05, 0) is 44.0 Å². The third-order valence-corrected chi connectivity index (χ3v) is 4.97. The summed E-state index contributed by atoms with van der Waals surface area (Å²) in [5.41, 5.74) is 4.23. The number of carbonyl (C=O) groups is 2. The molecule has 1 N–H and O–H groups in total. The Morgan fingerprint density at radius 3 is 2.56 bits per heavy atom. The molecule has 5 heteroatoms. The molecule has 0 spiro atoms. The van der Waals surface area contributed by atoms with Gasteiger partial charge < -0.3 is 15.0 Å². The third-order valence-electron chi connectivity index (χ3n) is 4.97. The molecule has 5 nitrogen and oxygen atoms in total. The molecule has 0 bridgehead atoms. The van der Waals surface area contributed by atoms with Crippen molar-refractivity contribution in [1.29, 1.82) is 0 Å². The molecule has 1 saturated heterocycles. The van der Waals surface area contributed by atoms with Crippen LogP contribution in [-0.2, 0) is 16.0 Å². The summed E-state index contributed by atoms with van der Waals surface area (Å²) in [5.74, 6) is 0.457. The van der Waals surface area contributed by atoms with Crippen molar-refractivity contribution in [2.45, 2.75) is 26.7 Å². The van der Waals surface area contributed by atoms with Crippen LogP contribution >= 0.6 is 0 Å². The highest BCUT2D eigenvalue weighted by atomic mass is 16.5. The number of amides is 2. The Hall–Kier alpha value is -2.82. The number of hydrogen-bond acceptors (Lipinski definition) is 3. The van der Waals surface area contributed by atoms with E-state index in [0.717, 1.165) is 28.1 Å². The van der Waals surface area contributed by atoms with E-state index in [1.807, 2.05) is 50.2 Å². The van der Waals surface area contributed by atoms with Gasteiger partial charge in [0.15, 0.2) is 0 Å². The Kier molecular flexibility index (Phi) is 5.79. The number of hydrogen-bond donors (Lipinski definition) is 1. The highest BCUT2D eigenvalue weighted by Crippen LogP contribution is 2.25. The lowest BCUT2D eigenvalue weighted by atomic mass is 10.1. The van der Waals surface area contributed by atoms with E-state index in [1.54, 1.807) is 12.0 Å². The summed E-state index contributed by atoms with van der Waals surface area (Å²) in [6.07, 6.45) is 0.951. The summed E-state index contributed by atoms with van der Waals surface area (Å²) in [4.78, 5) is 26.5. The van der Waals surface area contributed by atoms with Crippen molar-refractivity contribution < 1.29 is 14.3 Å². The standard InChI is InChI=1S/C22H26N2O3/c1-15-4-7-19(8-5-15)24-14-18(13-21(24)25)22(26)23-11-10-17-12-16(2)6-9-20(17)27-3/h4-9,12,18H,10-11,13-14H2,1-3H3,(H,23,26). The van der Waals surface area contributed by atoms with Gasteiger partial charge in [-0.3, -0.25) is 9.59 Å². The minimum Gasteiger partial charge on any atom is -0.496 e. The van der Waals surface area contributed by atoms with Crippen molar-refractivity contribution in [1.82, 2.24) is 5.32 Å². The molecule has 0 radical (unpaired) electrons. The first-order valence-corrected chi connectivity index (χ1v) is 9.26. The highest BCUT2D eigenvalue weighted by molar-refractivity contribution is 6.00. The van der Waals surface area contributed by atoms with E-state index in [1.165, 1.54) is 0 Å². The van der Waals surface area contributed by atoms with Gasteiger partial charge in [-0.2, -0.15) is 0 Å². The molecule has 2 amide bonds. The van der Waals surface area contributed by atoms with Gasteiger partial charge in [-0.15, -0.1) is 0 Å². The number of nitrogens with zero attached hydrogens (tertiary/aromatic N) is 1. The van der Waals surface area contributed by atoms with Crippen molar-refractivity contribution >= 4 is 17.5 Å². The molecule has 27 heavy (non-hydrogen) atoms. The van der Waals surface area contributed by atoms with Gasteiger partial charge in [0.25, 0.3) is 0 Å². The van der Waals surface area contributed by atoms with Crippen LogP contribution in [-0.4, -0.2) is 32.0 Å². The molecule has 1 fully saturated rings. The first-order chi connectivity index (χ1) is 13.0. The molecule has 2 aromatic rings. The molecule has 0 aromatic heterocycles. The lowest BCUT2D eigenvalue weighted by Gasteiger charge is -2.17. The second-order valence-electron chi connectivity index (χ2n) is 7.10. The van der Waals surface area contributed by atoms with Crippen LogP contribution in [0.1, 0.15) is 23.1 Å². The zero-order chi connectivity index (χ0) is 19.4. The zero-order valence-electron chi connectivity index (χ0n) is 16.1. The van der Waals surface area contributed by atoms with Gasteiger partial charge in [0.05, 0.1) is 13.0 Å². The smallest absolute Gasteiger partial charge is 0.227 e. The minimum absolute atomic E-state index is 0.000596. The average Bonchev–Trinajstić information content (AvgIpc) is 3.04. The number of methoxy groups -OCH3 is 1. The maximum atomic E-state index is 12.5. The first kappa shape index (κ1) is 19.0. The van der Waals surface area contributed by atoms with E-state index in [4.69, 9.17) is 4.74 Å². The average molecular weight is 366 g/mol. The van der Waals surface area contributed by atoms with Crippen LogP contribution in [0.3, 0.4) is 0 Å². The van der Waals surface area contributed by atoms with Crippen molar-refractivity contribution in [3.8, 4) is 5.75 Å². The number of aryl methyl sites for hydroxylation is 2. The largest absolute Gasteiger partial charge is 0.496 e. The zero-order valence-corrected chi connectivity index (χ0v) is 16.1. The van der Waals surface area contributed by atoms with Crippen LogP contribution in [0.2, 0.25) is 0 Å². The quantitative estimate of drug-likeness (QED) is 0.855.